The normalized spacial score (nSPS) is 14.3. The van der Waals surface area contributed by atoms with Crippen LogP contribution in [0.2, 0.25) is 0 Å². The lowest BCUT2D eigenvalue weighted by molar-refractivity contribution is -0.118. The summed E-state index contributed by atoms with van der Waals surface area (Å²) in [5.41, 5.74) is 8.85. The second-order valence-corrected chi connectivity index (χ2v) is 9.98. The van der Waals surface area contributed by atoms with Crippen molar-refractivity contribution in [2.45, 2.75) is 124 Å². The van der Waals surface area contributed by atoms with Crippen LogP contribution in [0.4, 0.5) is 0 Å². The Morgan fingerprint density at radius 1 is 1.03 bits per heavy atom. The number of rotatable bonds is 17. The van der Waals surface area contributed by atoms with E-state index in [0.29, 0.717) is 17.3 Å². The van der Waals surface area contributed by atoms with Gasteiger partial charge >= 0.3 is 0 Å². The summed E-state index contributed by atoms with van der Waals surface area (Å²) in [6.45, 7) is 11.6. The van der Waals surface area contributed by atoms with Gasteiger partial charge in [-0.05, 0) is 53.6 Å². The highest BCUT2D eigenvalue weighted by Crippen LogP contribution is 2.39. The molecule has 0 spiro atoms. The van der Waals surface area contributed by atoms with Crippen LogP contribution in [0.25, 0.3) is 10.4 Å². The SMILES string of the molecule is CCC(C)(C)CC(C)(C)CCCC(O)C(CCCCCCCC(=O)N=[N+]=[N-])OC. The number of aliphatic hydroxyl groups excluding tert-OH is 1. The number of methoxy groups -OCH3 is 1. The molecule has 6 nitrogen and oxygen atoms in total. The molecule has 0 aromatic rings. The average molecular weight is 412 g/mol. The summed E-state index contributed by atoms with van der Waals surface area (Å²) in [5, 5.41) is 13.6. The predicted molar refractivity (Wildman–Crippen MR) is 120 cm³/mol. The average Bonchev–Trinajstić information content (AvgIpc) is 2.63. The van der Waals surface area contributed by atoms with Crippen LogP contribution < -0.4 is 0 Å². The van der Waals surface area contributed by atoms with Gasteiger partial charge in [-0.1, -0.05) is 73.1 Å². The molecule has 0 saturated heterocycles. The molecule has 0 aromatic heterocycles. The molecule has 0 radical (unpaired) electrons. The summed E-state index contributed by atoms with van der Waals surface area (Å²) in [5.74, 6) is -0.378. The Labute approximate surface area is 178 Å². The molecule has 0 bridgehead atoms. The largest absolute Gasteiger partial charge is 0.390 e. The first-order chi connectivity index (χ1) is 13.6. The van der Waals surface area contributed by atoms with Crippen LogP contribution in [-0.4, -0.2) is 30.3 Å². The molecule has 0 aliphatic heterocycles. The number of ether oxygens (including phenoxy) is 1. The molecule has 1 N–H and O–H groups in total. The van der Waals surface area contributed by atoms with Gasteiger partial charge in [-0.2, -0.15) is 0 Å². The fourth-order valence-electron chi connectivity index (χ4n) is 4.20. The van der Waals surface area contributed by atoms with Crippen LogP contribution in [-0.2, 0) is 9.53 Å². The smallest absolute Gasteiger partial charge is 0.218 e. The molecule has 0 aliphatic rings. The van der Waals surface area contributed by atoms with Crippen LogP contribution in [0, 0.1) is 10.8 Å². The zero-order valence-corrected chi connectivity index (χ0v) is 19.7. The summed E-state index contributed by atoms with van der Waals surface area (Å²) in [7, 11) is 1.68. The number of azide groups is 1. The van der Waals surface area contributed by atoms with Crippen molar-refractivity contribution in [1.29, 1.82) is 0 Å². The van der Waals surface area contributed by atoms with Crippen LogP contribution in [0.5, 0.6) is 0 Å². The molecule has 0 rings (SSSR count). The predicted octanol–water partition coefficient (Wildman–Crippen LogP) is 6.95. The molecule has 0 saturated carbocycles. The zero-order chi connectivity index (χ0) is 22.3. The van der Waals surface area contributed by atoms with Crippen molar-refractivity contribution < 1.29 is 14.6 Å². The minimum atomic E-state index is -0.406. The standard InChI is InChI=1S/C23H45N3O3/c1-7-22(2,3)18-23(4,5)17-13-14-19(27)20(29-6)15-11-9-8-10-12-16-21(28)25-26-24/h19-20,27H,7-18H2,1-6H3. The Morgan fingerprint density at radius 3 is 2.24 bits per heavy atom. The molecule has 0 aromatic carbocycles. The van der Waals surface area contributed by atoms with E-state index in [1.165, 1.54) is 12.8 Å². The molecule has 2 unspecified atom stereocenters. The summed E-state index contributed by atoms with van der Waals surface area (Å²) in [6.07, 6.45) is 10.8. The molecule has 1 amide bonds. The molecule has 6 heteroatoms. The van der Waals surface area contributed by atoms with Gasteiger partial charge in [-0.3, -0.25) is 4.79 Å². The van der Waals surface area contributed by atoms with Crippen molar-refractivity contribution in [3.8, 4) is 0 Å². The van der Waals surface area contributed by atoms with Crippen LogP contribution >= 0.6 is 0 Å². The van der Waals surface area contributed by atoms with E-state index in [0.717, 1.165) is 57.8 Å². The molecular formula is C23H45N3O3. The summed E-state index contributed by atoms with van der Waals surface area (Å²) >= 11 is 0. The third-order valence-electron chi connectivity index (χ3n) is 6.04. The lowest BCUT2D eigenvalue weighted by Gasteiger charge is -2.35. The van der Waals surface area contributed by atoms with Crippen LogP contribution in [0.15, 0.2) is 5.11 Å². The van der Waals surface area contributed by atoms with E-state index in [-0.39, 0.29) is 12.0 Å². The first-order valence-corrected chi connectivity index (χ1v) is 11.4. The van der Waals surface area contributed by atoms with E-state index < -0.39 is 6.10 Å². The number of carbonyl (C=O) groups excluding carboxylic acids is 1. The number of nitrogens with zero attached hydrogens (tertiary/aromatic N) is 3. The molecular weight excluding hydrogens is 366 g/mol. The summed E-state index contributed by atoms with van der Waals surface area (Å²) < 4.78 is 5.54. The van der Waals surface area contributed by atoms with Crippen molar-refractivity contribution in [2.24, 2.45) is 15.9 Å². The number of aliphatic hydroxyl groups is 1. The van der Waals surface area contributed by atoms with Gasteiger partial charge in [0.05, 0.1) is 12.2 Å². The highest BCUT2D eigenvalue weighted by atomic mass is 16.5. The topological polar surface area (TPSA) is 95.3 Å². The monoisotopic (exact) mass is 411 g/mol. The van der Waals surface area contributed by atoms with E-state index in [9.17, 15) is 9.90 Å². The number of hydrogen-bond donors (Lipinski definition) is 1. The molecule has 0 heterocycles. The fourth-order valence-corrected chi connectivity index (χ4v) is 4.20. The van der Waals surface area contributed by atoms with Gasteiger partial charge in [-0.25, -0.2) is 0 Å². The molecule has 0 aliphatic carbocycles. The minimum Gasteiger partial charge on any atom is -0.390 e. The van der Waals surface area contributed by atoms with Crippen molar-refractivity contribution in [1.82, 2.24) is 0 Å². The molecule has 170 valence electrons. The van der Waals surface area contributed by atoms with Gasteiger partial charge in [0.25, 0.3) is 0 Å². The summed E-state index contributed by atoms with van der Waals surface area (Å²) in [6, 6.07) is 0. The van der Waals surface area contributed by atoms with Gasteiger partial charge in [0.2, 0.25) is 5.91 Å². The van der Waals surface area contributed by atoms with Gasteiger partial charge < -0.3 is 9.84 Å². The van der Waals surface area contributed by atoms with Gasteiger partial charge in [0.1, 0.15) is 0 Å². The number of amides is 1. The second kappa shape index (κ2) is 14.8. The number of unbranched alkanes of at least 4 members (excludes halogenated alkanes) is 4. The first-order valence-electron chi connectivity index (χ1n) is 11.4. The van der Waals surface area contributed by atoms with E-state index in [4.69, 9.17) is 10.3 Å². The Morgan fingerprint density at radius 2 is 1.66 bits per heavy atom. The van der Waals surface area contributed by atoms with Gasteiger partial charge in [-0.15, -0.1) is 0 Å². The fraction of sp³-hybridized carbons (Fsp3) is 0.957. The summed E-state index contributed by atoms with van der Waals surface area (Å²) in [4.78, 5) is 13.6. The van der Waals surface area contributed by atoms with E-state index in [1.807, 2.05) is 0 Å². The lowest BCUT2D eigenvalue weighted by atomic mass is 9.71. The maximum Gasteiger partial charge on any atom is 0.218 e. The Kier molecular flexibility index (Phi) is 14.3. The number of hydrogen-bond acceptors (Lipinski definition) is 3. The highest BCUT2D eigenvalue weighted by molar-refractivity contribution is 5.76. The van der Waals surface area contributed by atoms with Crippen molar-refractivity contribution in [3.63, 3.8) is 0 Å². The second-order valence-electron chi connectivity index (χ2n) is 9.98. The zero-order valence-electron chi connectivity index (χ0n) is 19.7. The van der Waals surface area contributed by atoms with Crippen molar-refractivity contribution in [3.05, 3.63) is 10.4 Å². The van der Waals surface area contributed by atoms with Crippen molar-refractivity contribution >= 4 is 5.91 Å². The van der Waals surface area contributed by atoms with E-state index in [1.54, 1.807) is 7.11 Å². The van der Waals surface area contributed by atoms with Crippen molar-refractivity contribution in [2.75, 3.05) is 7.11 Å². The minimum absolute atomic E-state index is 0.100. The van der Waals surface area contributed by atoms with E-state index in [2.05, 4.69) is 44.6 Å². The van der Waals surface area contributed by atoms with Gasteiger partial charge in [0.15, 0.2) is 0 Å². The van der Waals surface area contributed by atoms with E-state index >= 15 is 0 Å². The Bertz CT molecular complexity index is 500. The third-order valence-corrected chi connectivity index (χ3v) is 6.04. The molecule has 0 fully saturated rings. The maximum absolute atomic E-state index is 11.1. The number of carbonyl (C=O) groups is 1. The lowest BCUT2D eigenvalue weighted by Crippen LogP contribution is -2.29. The Balaban J connectivity index is 4.02. The Hall–Kier alpha value is -1.10. The molecule has 29 heavy (non-hydrogen) atoms. The van der Waals surface area contributed by atoms with Crippen LogP contribution in [0.3, 0.4) is 0 Å². The highest BCUT2D eigenvalue weighted by Gasteiger charge is 2.28. The first kappa shape index (κ1) is 27.9. The van der Waals surface area contributed by atoms with Crippen LogP contribution in [0.1, 0.15) is 112 Å². The maximum atomic E-state index is 11.1. The van der Waals surface area contributed by atoms with Gasteiger partial charge in [0, 0.05) is 18.4 Å². The third kappa shape index (κ3) is 14.5. The molecule has 2 atom stereocenters. The quantitative estimate of drug-likeness (QED) is 0.121.